The summed E-state index contributed by atoms with van der Waals surface area (Å²) >= 11 is 7.53. The Labute approximate surface area is 228 Å². The second-order valence-corrected chi connectivity index (χ2v) is 10.5. The van der Waals surface area contributed by atoms with E-state index in [9.17, 15) is 14.4 Å². The number of hydrogen-bond acceptors (Lipinski definition) is 6. The number of thiophene rings is 1. The summed E-state index contributed by atoms with van der Waals surface area (Å²) < 4.78 is 7.16. The molecule has 0 unspecified atom stereocenters. The highest BCUT2D eigenvalue weighted by atomic mass is 35.5. The SMILES string of the molecule is COc1sc(C(=O)N[C@@H](Cc2cccc(C)c2)CN2C(=O)c3ccccc3C2=O)cc1-c1c(Cl)cnn1C. The van der Waals surface area contributed by atoms with E-state index >= 15 is 0 Å². The first-order valence-electron chi connectivity index (χ1n) is 11.9. The van der Waals surface area contributed by atoms with Gasteiger partial charge in [-0.2, -0.15) is 5.10 Å². The highest BCUT2D eigenvalue weighted by molar-refractivity contribution is 7.16. The monoisotopic (exact) mass is 548 g/mol. The molecule has 2 aromatic heterocycles. The molecule has 0 saturated carbocycles. The second-order valence-electron chi connectivity index (χ2n) is 9.11. The average Bonchev–Trinajstić information content (AvgIpc) is 3.54. The molecule has 5 rings (SSSR count). The van der Waals surface area contributed by atoms with Crippen molar-refractivity contribution in [2.24, 2.45) is 7.05 Å². The second kappa shape index (κ2) is 10.4. The van der Waals surface area contributed by atoms with Crippen LogP contribution in [0.1, 0.15) is 41.5 Å². The molecule has 4 aromatic rings. The van der Waals surface area contributed by atoms with Gasteiger partial charge in [-0.05, 0) is 37.1 Å². The minimum absolute atomic E-state index is 0.0367. The van der Waals surface area contributed by atoms with Crippen LogP contribution in [0.4, 0.5) is 0 Å². The number of methoxy groups -OCH3 is 1. The van der Waals surface area contributed by atoms with E-state index in [2.05, 4.69) is 10.4 Å². The molecule has 1 atom stereocenters. The van der Waals surface area contributed by atoms with Gasteiger partial charge in [0.1, 0.15) is 0 Å². The zero-order valence-corrected chi connectivity index (χ0v) is 22.6. The lowest BCUT2D eigenvalue weighted by molar-refractivity contribution is 0.0629. The molecular weight excluding hydrogens is 524 g/mol. The van der Waals surface area contributed by atoms with Crippen molar-refractivity contribution in [3.63, 3.8) is 0 Å². The maximum absolute atomic E-state index is 13.5. The number of imide groups is 1. The molecule has 0 bridgehead atoms. The Balaban J connectivity index is 1.43. The van der Waals surface area contributed by atoms with E-state index in [1.54, 1.807) is 42.1 Å². The van der Waals surface area contributed by atoms with Crippen molar-refractivity contribution in [1.29, 1.82) is 0 Å². The number of halogens is 1. The van der Waals surface area contributed by atoms with Crippen LogP contribution in [0.15, 0.2) is 60.8 Å². The fourth-order valence-corrected chi connectivity index (χ4v) is 5.83. The predicted molar refractivity (Wildman–Crippen MR) is 146 cm³/mol. The molecule has 2 aromatic carbocycles. The molecule has 0 fully saturated rings. The Bertz CT molecular complexity index is 1510. The van der Waals surface area contributed by atoms with Crippen molar-refractivity contribution in [2.45, 2.75) is 19.4 Å². The topological polar surface area (TPSA) is 93.5 Å². The third-order valence-electron chi connectivity index (χ3n) is 6.44. The number of aryl methyl sites for hydroxylation is 2. The van der Waals surface area contributed by atoms with Crippen LogP contribution in [0.2, 0.25) is 5.02 Å². The van der Waals surface area contributed by atoms with Gasteiger partial charge in [-0.15, -0.1) is 0 Å². The average molecular weight is 549 g/mol. The number of nitrogens with zero attached hydrogens (tertiary/aromatic N) is 3. The van der Waals surface area contributed by atoms with Crippen molar-refractivity contribution in [3.05, 3.63) is 92.9 Å². The van der Waals surface area contributed by atoms with Crippen molar-refractivity contribution in [3.8, 4) is 16.3 Å². The van der Waals surface area contributed by atoms with Crippen LogP contribution in [0.5, 0.6) is 5.06 Å². The molecule has 1 aliphatic heterocycles. The van der Waals surface area contributed by atoms with Crippen LogP contribution in [0, 0.1) is 6.92 Å². The van der Waals surface area contributed by atoms with E-state index in [-0.39, 0.29) is 24.3 Å². The van der Waals surface area contributed by atoms with Gasteiger partial charge in [0.2, 0.25) is 0 Å². The lowest BCUT2D eigenvalue weighted by Crippen LogP contribution is -2.46. The predicted octanol–water partition coefficient (Wildman–Crippen LogP) is 4.76. The van der Waals surface area contributed by atoms with Gasteiger partial charge < -0.3 is 10.1 Å². The smallest absolute Gasteiger partial charge is 0.261 e. The van der Waals surface area contributed by atoms with E-state index in [0.717, 1.165) is 11.1 Å². The molecule has 0 radical (unpaired) electrons. The van der Waals surface area contributed by atoms with Crippen molar-refractivity contribution in [1.82, 2.24) is 20.0 Å². The van der Waals surface area contributed by atoms with Gasteiger partial charge in [0.25, 0.3) is 17.7 Å². The summed E-state index contributed by atoms with van der Waals surface area (Å²) in [6.07, 6.45) is 1.97. The van der Waals surface area contributed by atoms with Crippen molar-refractivity contribution >= 4 is 40.7 Å². The molecule has 3 amide bonds. The van der Waals surface area contributed by atoms with Gasteiger partial charge in [0.05, 0.1) is 51.6 Å². The minimum Gasteiger partial charge on any atom is -0.487 e. The zero-order chi connectivity index (χ0) is 27.0. The molecule has 194 valence electrons. The zero-order valence-electron chi connectivity index (χ0n) is 21.0. The Morgan fingerprint density at radius 1 is 1.08 bits per heavy atom. The first kappa shape index (κ1) is 25.7. The Morgan fingerprint density at radius 3 is 2.39 bits per heavy atom. The van der Waals surface area contributed by atoms with Crippen LogP contribution in [-0.4, -0.2) is 52.1 Å². The molecule has 10 heteroatoms. The highest BCUT2D eigenvalue weighted by Crippen LogP contribution is 2.40. The van der Waals surface area contributed by atoms with E-state index in [0.29, 0.717) is 43.8 Å². The van der Waals surface area contributed by atoms with Crippen LogP contribution >= 0.6 is 22.9 Å². The number of ether oxygens (including phenoxy) is 1. The van der Waals surface area contributed by atoms with E-state index in [1.165, 1.54) is 29.5 Å². The number of aromatic nitrogens is 2. The number of carbonyl (C=O) groups excluding carboxylic acids is 3. The van der Waals surface area contributed by atoms with Crippen molar-refractivity contribution < 1.29 is 19.1 Å². The van der Waals surface area contributed by atoms with Crippen LogP contribution in [0.25, 0.3) is 11.3 Å². The van der Waals surface area contributed by atoms with Crippen LogP contribution in [-0.2, 0) is 13.5 Å². The van der Waals surface area contributed by atoms with Crippen molar-refractivity contribution in [2.75, 3.05) is 13.7 Å². The standard InChI is InChI=1S/C28H25ClN4O4S/c1-16-7-6-8-17(11-16)12-18(15-33-26(35)19-9-4-5-10-20(19)27(33)36)31-25(34)23-13-21(28(37-3)38-23)24-22(29)14-30-32(24)2/h4-11,13-14,18H,12,15H2,1-3H3,(H,31,34)/t18-/m0/s1. The number of amides is 3. The Morgan fingerprint density at radius 2 is 1.79 bits per heavy atom. The van der Waals surface area contributed by atoms with Gasteiger partial charge in [0.15, 0.2) is 5.06 Å². The quantitative estimate of drug-likeness (QED) is 0.321. The third kappa shape index (κ3) is 4.82. The molecular formula is C28H25ClN4O4S. The third-order valence-corrected chi connectivity index (χ3v) is 7.81. The summed E-state index contributed by atoms with van der Waals surface area (Å²) in [4.78, 5) is 41.2. The van der Waals surface area contributed by atoms with Gasteiger partial charge >= 0.3 is 0 Å². The fraction of sp³-hybridized carbons (Fsp3) is 0.214. The molecule has 38 heavy (non-hydrogen) atoms. The summed E-state index contributed by atoms with van der Waals surface area (Å²) in [6, 6.07) is 15.9. The summed E-state index contributed by atoms with van der Waals surface area (Å²) in [7, 11) is 3.29. The van der Waals surface area contributed by atoms with Gasteiger partial charge in [-0.25, -0.2) is 0 Å². The largest absolute Gasteiger partial charge is 0.487 e. The lowest BCUT2D eigenvalue weighted by Gasteiger charge is -2.24. The number of nitrogens with one attached hydrogen (secondary N) is 1. The summed E-state index contributed by atoms with van der Waals surface area (Å²) in [5, 5.41) is 8.19. The maximum Gasteiger partial charge on any atom is 0.261 e. The van der Waals surface area contributed by atoms with Gasteiger partial charge in [0, 0.05) is 13.6 Å². The highest BCUT2D eigenvalue weighted by Gasteiger charge is 2.37. The van der Waals surface area contributed by atoms with Gasteiger partial charge in [-0.1, -0.05) is 64.9 Å². The first-order valence-corrected chi connectivity index (χ1v) is 13.1. The van der Waals surface area contributed by atoms with Gasteiger partial charge in [-0.3, -0.25) is 24.0 Å². The Hall–Kier alpha value is -3.95. The fourth-order valence-electron chi connectivity index (χ4n) is 4.68. The number of rotatable bonds is 8. The number of carbonyl (C=O) groups is 3. The molecule has 0 spiro atoms. The number of hydrogen-bond donors (Lipinski definition) is 1. The first-order chi connectivity index (χ1) is 18.3. The molecule has 3 heterocycles. The Kier molecular flexibility index (Phi) is 7.05. The lowest BCUT2D eigenvalue weighted by atomic mass is 10.0. The summed E-state index contributed by atoms with van der Waals surface area (Å²) in [5.41, 5.74) is 4.11. The molecule has 1 N–H and O–H groups in total. The normalized spacial score (nSPS) is 13.5. The number of fused-ring (bicyclic) bond motifs is 1. The van der Waals surface area contributed by atoms with E-state index in [1.807, 2.05) is 31.2 Å². The molecule has 8 nitrogen and oxygen atoms in total. The van der Waals surface area contributed by atoms with Crippen LogP contribution in [0.3, 0.4) is 0 Å². The number of benzene rings is 2. The molecule has 1 aliphatic rings. The maximum atomic E-state index is 13.5. The molecule has 0 aliphatic carbocycles. The van der Waals surface area contributed by atoms with E-state index in [4.69, 9.17) is 16.3 Å². The van der Waals surface area contributed by atoms with E-state index < -0.39 is 6.04 Å². The molecule has 0 saturated heterocycles. The minimum atomic E-state index is -0.525. The van der Waals surface area contributed by atoms with Crippen LogP contribution < -0.4 is 10.1 Å². The summed E-state index contributed by atoms with van der Waals surface area (Å²) in [5.74, 6) is -1.06. The summed E-state index contributed by atoms with van der Waals surface area (Å²) in [6.45, 7) is 2.03.